The maximum atomic E-state index is 14.2. The van der Waals surface area contributed by atoms with Crippen LogP contribution in [0.25, 0.3) is 0 Å². The second kappa shape index (κ2) is 8.03. The third kappa shape index (κ3) is 4.39. The van der Waals surface area contributed by atoms with E-state index < -0.39 is 22.7 Å². The number of methoxy groups -OCH3 is 1. The molecule has 0 saturated heterocycles. The third-order valence-corrected chi connectivity index (χ3v) is 4.42. The molecule has 0 aliphatic carbocycles. The quantitative estimate of drug-likeness (QED) is 0.641. The molecule has 0 bridgehead atoms. The Morgan fingerprint density at radius 1 is 1.12 bits per heavy atom. The highest BCUT2D eigenvalue weighted by Gasteiger charge is 2.15. The van der Waals surface area contributed by atoms with Crippen molar-refractivity contribution in [3.05, 3.63) is 70.5 Å². The number of carbonyl (C=O) groups excluding carboxylic acids is 1. The minimum atomic E-state index is -2.88. The summed E-state index contributed by atoms with van der Waals surface area (Å²) in [6.07, 6.45) is 0. The summed E-state index contributed by atoms with van der Waals surface area (Å²) in [6, 6.07) is 11.3. The van der Waals surface area contributed by atoms with Crippen molar-refractivity contribution in [2.75, 3.05) is 7.11 Å². The highest BCUT2D eigenvalue weighted by molar-refractivity contribution is 7.69. The van der Waals surface area contributed by atoms with Gasteiger partial charge in [-0.3, -0.25) is 0 Å². The van der Waals surface area contributed by atoms with Crippen LogP contribution in [-0.2, 0) is 28.7 Å². The first-order valence-electron chi connectivity index (χ1n) is 7.23. The van der Waals surface area contributed by atoms with E-state index in [1.54, 1.807) is 0 Å². The van der Waals surface area contributed by atoms with Crippen molar-refractivity contribution in [2.24, 2.45) is 0 Å². The number of nitrogens with zero attached hydrogens (tertiary/aromatic N) is 1. The molecule has 0 aliphatic rings. The molecule has 0 spiro atoms. The molecule has 0 aliphatic heterocycles. The molecule has 0 N–H and O–H groups in total. The van der Waals surface area contributed by atoms with Crippen LogP contribution in [0.15, 0.2) is 42.5 Å². The van der Waals surface area contributed by atoms with E-state index in [9.17, 15) is 17.6 Å². The summed E-state index contributed by atoms with van der Waals surface area (Å²) >= 11 is 0. The maximum absolute atomic E-state index is 14.2. The maximum Gasteiger partial charge on any atom is 0.337 e. The summed E-state index contributed by atoms with van der Waals surface area (Å²) in [4.78, 5) is 11.4. The van der Waals surface area contributed by atoms with Gasteiger partial charge in [0.25, 0.3) is 0 Å². The normalized spacial score (nSPS) is 11.0. The zero-order valence-corrected chi connectivity index (χ0v) is 14.3. The molecule has 2 aromatic rings. The monoisotopic (exact) mass is 351 g/mol. The van der Waals surface area contributed by atoms with Crippen LogP contribution >= 0.6 is 0 Å². The molecule has 0 radical (unpaired) electrons. The average Bonchev–Trinajstić information content (AvgIpc) is 2.56. The lowest BCUT2D eigenvalue weighted by atomic mass is 10.1. The molecule has 2 rings (SSSR count). The Morgan fingerprint density at radius 3 is 2.38 bits per heavy atom. The van der Waals surface area contributed by atoms with Gasteiger partial charge < -0.3 is 4.74 Å². The Balaban J connectivity index is 2.22. The Bertz CT molecular complexity index is 812. The average molecular weight is 351 g/mol. The topological polar surface area (TPSA) is 63.7 Å². The van der Waals surface area contributed by atoms with Gasteiger partial charge in [-0.25, -0.2) is 17.6 Å². The molecule has 0 atom stereocenters. The van der Waals surface area contributed by atoms with Gasteiger partial charge in [-0.15, -0.1) is 0 Å². The van der Waals surface area contributed by atoms with Crippen molar-refractivity contribution in [3.63, 3.8) is 0 Å². The summed E-state index contributed by atoms with van der Waals surface area (Å²) < 4.78 is 42.9. The summed E-state index contributed by atoms with van der Waals surface area (Å²) in [7, 11) is -1.68. The molecule has 0 saturated carbocycles. The zero-order chi connectivity index (χ0) is 17.7. The van der Waals surface area contributed by atoms with E-state index in [1.807, 2.05) is 31.2 Å². The predicted octanol–water partition coefficient (Wildman–Crippen LogP) is 2.45. The van der Waals surface area contributed by atoms with Crippen LogP contribution in [0.3, 0.4) is 0 Å². The second-order valence-corrected chi connectivity index (χ2v) is 6.33. The number of hydrogen-bond acceptors (Lipinski definition) is 4. The van der Waals surface area contributed by atoms with Gasteiger partial charge >= 0.3 is 5.97 Å². The summed E-state index contributed by atoms with van der Waals surface area (Å²) in [5, 5.41) is 0. The van der Waals surface area contributed by atoms with Crippen molar-refractivity contribution >= 4 is 16.9 Å². The molecule has 5 nitrogen and oxygen atoms in total. The number of rotatable bonds is 6. The lowest BCUT2D eigenvalue weighted by Gasteiger charge is -2.17. The van der Waals surface area contributed by atoms with Crippen LogP contribution < -0.4 is 0 Å². The van der Waals surface area contributed by atoms with Crippen LogP contribution in [0.4, 0.5) is 4.39 Å². The molecule has 0 unspecified atom stereocenters. The van der Waals surface area contributed by atoms with E-state index >= 15 is 0 Å². The van der Waals surface area contributed by atoms with E-state index in [0.29, 0.717) is 0 Å². The van der Waals surface area contributed by atoms with Crippen LogP contribution in [-0.4, -0.2) is 25.8 Å². The Hall–Kier alpha value is -2.25. The van der Waals surface area contributed by atoms with Gasteiger partial charge in [0.2, 0.25) is 10.9 Å². The lowest BCUT2D eigenvalue weighted by Crippen LogP contribution is -2.22. The van der Waals surface area contributed by atoms with Crippen LogP contribution in [0.2, 0.25) is 0 Å². The zero-order valence-electron chi connectivity index (χ0n) is 13.4. The molecule has 7 heteroatoms. The van der Waals surface area contributed by atoms with Crippen molar-refractivity contribution < 1.29 is 22.3 Å². The van der Waals surface area contributed by atoms with Gasteiger partial charge in [0.15, 0.2) is 0 Å². The summed E-state index contributed by atoms with van der Waals surface area (Å²) in [6.45, 7) is 1.93. The molecule has 0 amide bonds. The lowest BCUT2D eigenvalue weighted by molar-refractivity contribution is 0.0600. The van der Waals surface area contributed by atoms with Crippen molar-refractivity contribution in [1.29, 1.82) is 0 Å². The molecule has 2 aromatic carbocycles. The van der Waals surface area contributed by atoms with E-state index in [0.717, 1.165) is 21.5 Å². The number of halogens is 1. The van der Waals surface area contributed by atoms with Crippen molar-refractivity contribution in [3.8, 4) is 0 Å². The fourth-order valence-electron chi connectivity index (χ4n) is 2.27. The smallest absolute Gasteiger partial charge is 0.337 e. The van der Waals surface area contributed by atoms with E-state index in [4.69, 9.17) is 0 Å². The highest BCUT2D eigenvalue weighted by Crippen LogP contribution is 2.17. The number of aryl methyl sites for hydroxylation is 1. The summed E-state index contributed by atoms with van der Waals surface area (Å²) in [5.41, 5.74) is 2.08. The second-order valence-electron chi connectivity index (χ2n) is 5.28. The minimum absolute atomic E-state index is 0.0794. The number of benzene rings is 2. The number of thiol groups is 1. The van der Waals surface area contributed by atoms with Gasteiger partial charge in [-0.1, -0.05) is 30.3 Å². The van der Waals surface area contributed by atoms with Crippen LogP contribution in [0.1, 0.15) is 27.0 Å². The van der Waals surface area contributed by atoms with E-state index in [2.05, 4.69) is 4.74 Å². The van der Waals surface area contributed by atoms with Crippen molar-refractivity contribution in [1.82, 2.24) is 4.31 Å². The fourth-order valence-corrected chi connectivity index (χ4v) is 2.81. The number of ether oxygens (including phenoxy) is 1. The SMILES string of the molecule is COC(=O)c1ccc(CN(Cc2ccccc2C)[SH](=O)=O)c(F)c1. The van der Waals surface area contributed by atoms with Crippen LogP contribution in [0.5, 0.6) is 0 Å². The Labute approximate surface area is 141 Å². The molecular formula is C17H18FNO4S. The van der Waals surface area contributed by atoms with Gasteiger partial charge in [0.05, 0.1) is 12.7 Å². The molecular weight excluding hydrogens is 333 g/mol. The standard InChI is InChI=1S/C17H18FNO4S/c1-12-5-3-4-6-14(12)10-19(24(21)22)11-15-8-7-13(9-16(15)18)17(20)23-2/h3-9,24H,10-11H2,1-2H3. The number of carbonyl (C=O) groups is 1. The van der Waals surface area contributed by atoms with Crippen LogP contribution in [0, 0.1) is 12.7 Å². The Morgan fingerprint density at radius 2 is 1.79 bits per heavy atom. The van der Waals surface area contributed by atoms with Gasteiger partial charge in [0.1, 0.15) is 5.82 Å². The molecule has 0 aromatic heterocycles. The number of esters is 1. The van der Waals surface area contributed by atoms with E-state index in [1.165, 1.54) is 19.2 Å². The van der Waals surface area contributed by atoms with Gasteiger partial charge in [-0.2, -0.15) is 4.31 Å². The fraction of sp³-hybridized carbons (Fsp3) is 0.235. The first-order valence-corrected chi connectivity index (χ1v) is 8.36. The Kier molecular flexibility index (Phi) is 6.05. The molecule has 0 fully saturated rings. The van der Waals surface area contributed by atoms with E-state index in [-0.39, 0.29) is 24.2 Å². The van der Waals surface area contributed by atoms with Gasteiger partial charge in [-0.05, 0) is 30.2 Å². The molecule has 0 heterocycles. The predicted molar refractivity (Wildman–Crippen MR) is 88.5 cm³/mol. The third-order valence-electron chi connectivity index (χ3n) is 3.67. The molecule has 128 valence electrons. The van der Waals surface area contributed by atoms with Gasteiger partial charge in [0, 0.05) is 18.7 Å². The first-order chi connectivity index (χ1) is 11.4. The summed E-state index contributed by atoms with van der Waals surface area (Å²) in [5.74, 6) is -1.29. The highest BCUT2D eigenvalue weighted by atomic mass is 32.2. The number of hydrogen-bond donors (Lipinski definition) is 1. The van der Waals surface area contributed by atoms with Crippen molar-refractivity contribution in [2.45, 2.75) is 20.0 Å². The largest absolute Gasteiger partial charge is 0.465 e. The minimum Gasteiger partial charge on any atom is -0.465 e. The first kappa shape index (κ1) is 18.1. The molecule has 24 heavy (non-hydrogen) atoms.